The predicted octanol–water partition coefficient (Wildman–Crippen LogP) is 7.85. The minimum Gasteiger partial charge on any atom is -0.331 e. The van der Waals surface area contributed by atoms with Gasteiger partial charge in [-0.15, -0.1) is 0 Å². The zero-order valence-electron chi connectivity index (χ0n) is 18.7. The topological polar surface area (TPSA) is 27.7 Å². The summed E-state index contributed by atoms with van der Waals surface area (Å²) >= 11 is 3.50. The molecule has 0 aliphatic carbocycles. The lowest BCUT2D eigenvalue weighted by Crippen LogP contribution is -2.44. The Bertz CT molecular complexity index is 287. The quantitative estimate of drug-likeness (QED) is 0.101. The van der Waals surface area contributed by atoms with Crippen molar-refractivity contribution in [3.05, 3.63) is 0 Å². The highest BCUT2D eigenvalue weighted by Gasteiger charge is 2.39. The maximum absolute atomic E-state index is 5.68. The number of hydrogen-bond acceptors (Lipinski definition) is 3. The van der Waals surface area contributed by atoms with E-state index in [0.29, 0.717) is 5.92 Å². The summed E-state index contributed by atoms with van der Waals surface area (Å²) in [7, 11) is 5.11. The van der Waals surface area contributed by atoms with Crippen LogP contribution in [-0.4, -0.2) is 32.6 Å². The number of alkyl halides is 1. The van der Waals surface area contributed by atoms with E-state index in [1.54, 1.807) is 21.3 Å². The van der Waals surface area contributed by atoms with Crippen LogP contribution < -0.4 is 0 Å². The molecule has 3 nitrogen and oxygen atoms in total. The molecule has 27 heavy (non-hydrogen) atoms. The van der Waals surface area contributed by atoms with Crippen molar-refractivity contribution in [3.63, 3.8) is 0 Å². The molecular formula is C23H47BrO3. The molecule has 4 heteroatoms. The molecule has 1 atom stereocenters. The average Bonchev–Trinajstić information content (AvgIpc) is 2.70. The molecule has 0 fully saturated rings. The lowest BCUT2D eigenvalue weighted by Gasteiger charge is -2.36. The summed E-state index contributed by atoms with van der Waals surface area (Å²) in [6.07, 6.45) is 20.8. The number of ether oxygens (including phenoxy) is 3. The van der Waals surface area contributed by atoms with E-state index in [0.717, 1.165) is 18.2 Å². The Hall–Kier alpha value is 0.360. The zero-order valence-corrected chi connectivity index (χ0v) is 20.3. The Morgan fingerprint density at radius 1 is 0.593 bits per heavy atom. The second kappa shape index (κ2) is 19.7. The van der Waals surface area contributed by atoms with Crippen LogP contribution in [0.25, 0.3) is 0 Å². The Morgan fingerprint density at radius 3 is 1.33 bits per heavy atom. The van der Waals surface area contributed by atoms with Crippen molar-refractivity contribution in [2.75, 3.05) is 26.7 Å². The SMILES string of the molecule is CCCCCCCCC(CCCCCCCCCCBr)C(OC)(OC)OC. The normalized spacial score (nSPS) is 13.2. The summed E-state index contributed by atoms with van der Waals surface area (Å²) in [5.41, 5.74) is 0. The molecule has 0 saturated carbocycles. The highest BCUT2D eigenvalue weighted by molar-refractivity contribution is 9.09. The van der Waals surface area contributed by atoms with Gasteiger partial charge in [0.25, 0.3) is 5.97 Å². The molecule has 0 amide bonds. The van der Waals surface area contributed by atoms with E-state index in [1.165, 1.54) is 89.9 Å². The Kier molecular flexibility index (Phi) is 19.9. The van der Waals surface area contributed by atoms with Gasteiger partial charge in [-0.2, -0.15) is 0 Å². The number of methoxy groups -OCH3 is 3. The van der Waals surface area contributed by atoms with Gasteiger partial charge >= 0.3 is 0 Å². The highest BCUT2D eigenvalue weighted by Crippen LogP contribution is 2.33. The van der Waals surface area contributed by atoms with Gasteiger partial charge in [-0.3, -0.25) is 0 Å². The van der Waals surface area contributed by atoms with E-state index in [9.17, 15) is 0 Å². The van der Waals surface area contributed by atoms with Gasteiger partial charge in [0, 0.05) is 32.6 Å². The molecule has 0 heterocycles. The number of unbranched alkanes of at least 4 members (excludes halogenated alkanes) is 12. The Labute approximate surface area is 178 Å². The first-order valence-corrected chi connectivity index (χ1v) is 12.5. The van der Waals surface area contributed by atoms with E-state index < -0.39 is 5.97 Å². The maximum atomic E-state index is 5.68. The fraction of sp³-hybridized carbons (Fsp3) is 1.00. The van der Waals surface area contributed by atoms with E-state index in [1.807, 2.05) is 0 Å². The van der Waals surface area contributed by atoms with Crippen LogP contribution in [0, 0.1) is 5.92 Å². The molecular weight excluding hydrogens is 404 g/mol. The Morgan fingerprint density at radius 2 is 0.963 bits per heavy atom. The van der Waals surface area contributed by atoms with Crippen molar-refractivity contribution in [3.8, 4) is 0 Å². The van der Waals surface area contributed by atoms with Gasteiger partial charge in [0.05, 0.1) is 0 Å². The monoisotopic (exact) mass is 450 g/mol. The van der Waals surface area contributed by atoms with Gasteiger partial charge in [-0.25, -0.2) is 0 Å². The lowest BCUT2D eigenvalue weighted by atomic mass is 9.91. The minimum atomic E-state index is -0.876. The van der Waals surface area contributed by atoms with Crippen LogP contribution in [0.3, 0.4) is 0 Å². The van der Waals surface area contributed by atoms with Crippen molar-refractivity contribution in [2.45, 2.75) is 116 Å². The summed E-state index contributed by atoms with van der Waals surface area (Å²) in [4.78, 5) is 0. The van der Waals surface area contributed by atoms with E-state index in [4.69, 9.17) is 14.2 Å². The average molecular weight is 452 g/mol. The van der Waals surface area contributed by atoms with Crippen LogP contribution in [0.2, 0.25) is 0 Å². The van der Waals surface area contributed by atoms with E-state index in [-0.39, 0.29) is 0 Å². The van der Waals surface area contributed by atoms with Gasteiger partial charge in [0.1, 0.15) is 0 Å². The summed E-state index contributed by atoms with van der Waals surface area (Å²) < 4.78 is 17.0. The lowest BCUT2D eigenvalue weighted by molar-refractivity contribution is -0.380. The molecule has 0 aliphatic heterocycles. The Balaban J connectivity index is 4.15. The van der Waals surface area contributed by atoms with E-state index >= 15 is 0 Å². The van der Waals surface area contributed by atoms with Gasteiger partial charge < -0.3 is 14.2 Å². The molecule has 0 aromatic heterocycles. The molecule has 0 saturated heterocycles. The number of rotatable bonds is 21. The van der Waals surface area contributed by atoms with Gasteiger partial charge in [-0.05, 0) is 19.3 Å². The summed E-state index contributed by atoms with van der Waals surface area (Å²) in [5.74, 6) is -0.568. The van der Waals surface area contributed by atoms with Crippen LogP contribution >= 0.6 is 15.9 Å². The third-order valence-electron chi connectivity index (χ3n) is 5.70. The first kappa shape index (κ1) is 27.4. The fourth-order valence-corrected chi connectivity index (χ4v) is 4.36. The smallest absolute Gasteiger partial charge is 0.285 e. The standard InChI is InChI=1S/C23H47BrO3/c1-5-6-7-8-13-16-19-22(23(25-2,26-3)27-4)20-17-14-11-9-10-12-15-18-21-24/h22H,5-21H2,1-4H3. The summed E-state index contributed by atoms with van der Waals surface area (Å²) in [6.45, 7) is 2.27. The molecule has 0 rings (SSSR count). The van der Waals surface area contributed by atoms with Gasteiger partial charge in [0.2, 0.25) is 0 Å². The van der Waals surface area contributed by atoms with E-state index in [2.05, 4.69) is 22.9 Å². The van der Waals surface area contributed by atoms with Crippen LogP contribution in [0.4, 0.5) is 0 Å². The summed E-state index contributed by atoms with van der Waals surface area (Å²) in [6, 6.07) is 0. The molecule has 1 unspecified atom stereocenters. The van der Waals surface area contributed by atoms with Crippen molar-refractivity contribution in [1.29, 1.82) is 0 Å². The number of halogens is 1. The third-order valence-corrected chi connectivity index (χ3v) is 6.26. The largest absolute Gasteiger partial charge is 0.331 e. The number of hydrogen-bond donors (Lipinski definition) is 0. The molecule has 0 aromatic carbocycles. The maximum Gasteiger partial charge on any atom is 0.285 e. The fourth-order valence-electron chi connectivity index (χ4n) is 3.96. The van der Waals surface area contributed by atoms with Crippen molar-refractivity contribution < 1.29 is 14.2 Å². The van der Waals surface area contributed by atoms with Crippen molar-refractivity contribution in [1.82, 2.24) is 0 Å². The molecule has 164 valence electrons. The molecule has 0 aliphatic rings. The van der Waals surface area contributed by atoms with Crippen LogP contribution in [-0.2, 0) is 14.2 Å². The van der Waals surface area contributed by atoms with Gasteiger partial charge in [0.15, 0.2) is 0 Å². The predicted molar refractivity (Wildman–Crippen MR) is 121 cm³/mol. The molecule has 0 bridgehead atoms. The van der Waals surface area contributed by atoms with Crippen molar-refractivity contribution >= 4 is 15.9 Å². The van der Waals surface area contributed by atoms with Crippen molar-refractivity contribution in [2.24, 2.45) is 5.92 Å². The molecule has 0 N–H and O–H groups in total. The van der Waals surface area contributed by atoms with Crippen LogP contribution in [0.5, 0.6) is 0 Å². The zero-order chi connectivity index (χ0) is 20.2. The minimum absolute atomic E-state index is 0.308. The first-order valence-electron chi connectivity index (χ1n) is 11.4. The highest BCUT2D eigenvalue weighted by atomic mass is 79.9. The second-order valence-electron chi connectivity index (χ2n) is 7.78. The molecule has 0 aromatic rings. The molecule has 0 spiro atoms. The summed E-state index contributed by atoms with van der Waals surface area (Å²) in [5, 5.41) is 1.15. The second-order valence-corrected chi connectivity index (χ2v) is 8.57. The van der Waals surface area contributed by atoms with Gasteiger partial charge in [-0.1, -0.05) is 106 Å². The van der Waals surface area contributed by atoms with Crippen LogP contribution in [0.15, 0.2) is 0 Å². The molecule has 0 radical (unpaired) electrons. The third kappa shape index (κ3) is 13.2. The first-order chi connectivity index (χ1) is 13.2. The van der Waals surface area contributed by atoms with Crippen LogP contribution in [0.1, 0.15) is 110 Å².